The highest BCUT2D eigenvalue weighted by molar-refractivity contribution is 5.76. The highest BCUT2D eigenvalue weighted by atomic mass is 16.5. The van der Waals surface area contributed by atoms with Gasteiger partial charge in [-0.15, -0.1) is 0 Å². The summed E-state index contributed by atoms with van der Waals surface area (Å²) in [5.41, 5.74) is 0.884. The lowest BCUT2D eigenvalue weighted by Gasteiger charge is -2.08. The van der Waals surface area contributed by atoms with Crippen molar-refractivity contribution in [2.75, 3.05) is 7.11 Å². The van der Waals surface area contributed by atoms with Crippen molar-refractivity contribution in [3.8, 4) is 5.75 Å². The van der Waals surface area contributed by atoms with Crippen LogP contribution in [0.15, 0.2) is 30.3 Å². The first-order chi connectivity index (χ1) is 8.17. The van der Waals surface area contributed by atoms with Crippen LogP contribution in [0.3, 0.4) is 0 Å². The fraction of sp³-hybridized carbons (Fsp3) is 0.357. The minimum atomic E-state index is -0.303. The Balaban J connectivity index is 2.91. The molecule has 0 N–H and O–H groups in total. The highest BCUT2D eigenvalue weighted by Gasteiger charge is 2.05. The SMILES string of the molecule is CCCC=C(OC(C)=O)c1ccc(OC)cc1. The number of hydrogen-bond acceptors (Lipinski definition) is 3. The molecule has 0 spiro atoms. The molecule has 0 aliphatic rings. The van der Waals surface area contributed by atoms with Gasteiger partial charge in [0, 0.05) is 12.5 Å². The van der Waals surface area contributed by atoms with E-state index in [0.29, 0.717) is 5.76 Å². The van der Waals surface area contributed by atoms with Gasteiger partial charge in [-0.05, 0) is 36.8 Å². The monoisotopic (exact) mass is 234 g/mol. The highest BCUT2D eigenvalue weighted by Crippen LogP contribution is 2.20. The first kappa shape index (κ1) is 13.3. The van der Waals surface area contributed by atoms with Crippen LogP contribution in [0.2, 0.25) is 0 Å². The zero-order valence-corrected chi connectivity index (χ0v) is 10.5. The third-order valence-corrected chi connectivity index (χ3v) is 2.25. The summed E-state index contributed by atoms with van der Waals surface area (Å²) in [5.74, 6) is 1.09. The number of methoxy groups -OCH3 is 1. The second-order valence-electron chi connectivity index (χ2n) is 3.68. The van der Waals surface area contributed by atoms with Gasteiger partial charge in [-0.1, -0.05) is 13.3 Å². The Morgan fingerprint density at radius 1 is 1.29 bits per heavy atom. The maximum atomic E-state index is 11.0. The average Bonchev–Trinajstić information content (AvgIpc) is 2.34. The number of carbonyl (C=O) groups excluding carboxylic acids is 1. The van der Waals surface area contributed by atoms with Crippen molar-refractivity contribution in [2.45, 2.75) is 26.7 Å². The van der Waals surface area contributed by atoms with Crippen LogP contribution < -0.4 is 4.74 Å². The Hall–Kier alpha value is -1.77. The zero-order valence-electron chi connectivity index (χ0n) is 10.5. The van der Waals surface area contributed by atoms with E-state index in [4.69, 9.17) is 9.47 Å². The molecule has 0 saturated heterocycles. The summed E-state index contributed by atoms with van der Waals surface area (Å²) < 4.78 is 10.3. The van der Waals surface area contributed by atoms with Crippen molar-refractivity contribution < 1.29 is 14.3 Å². The van der Waals surface area contributed by atoms with Gasteiger partial charge in [0.15, 0.2) is 0 Å². The van der Waals surface area contributed by atoms with Crippen LogP contribution in [-0.4, -0.2) is 13.1 Å². The van der Waals surface area contributed by atoms with E-state index in [-0.39, 0.29) is 5.97 Å². The number of benzene rings is 1. The van der Waals surface area contributed by atoms with Gasteiger partial charge >= 0.3 is 5.97 Å². The molecular weight excluding hydrogens is 216 g/mol. The van der Waals surface area contributed by atoms with Gasteiger partial charge in [-0.25, -0.2) is 0 Å². The predicted octanol–water partition coefficient (Wildman–Crippen LogP) is 3.40. The largest absolute Gasteiger partial charge is 0.497 e. The molecule has 92 valence electrons. The second kappa shape index (κ2) is 6.74. The first-order valence-electron chi connectivity index (χ1n) is 5.70. The van der Waals surface area contributed by atoms with Crippen LogP contribution in [0.1, 0.15) is 32.3 Å². The summed E-state index contributed by atoms with van der Waals surface area (Å²) in [6, 6.07) is 7.45. The third kappa shape index (κ3) is 4.31. The Morgan fingerprint density at radius 3 is 2.41 bits per heavy atom. The Bertz CT molecular complexity index is 390. The molecule has 0 heterocycles. The molecule has 0 radical (unpaired) electrons. The van der Waals surface area contributed by atoms with E-state index in [2.05, 4.69) is 6.92 Å². The van der Waals surface area contributed by atoms with E-state index < -0.39 is 0 Å². The molecule has 1 rings (SSSR count). The molecule has 0 atom stereocenters. The minimum Gasteiger partial charge on any atom is -0.497 e. The molecule has 0 aliphatic heterocycles. The predicted molar refractivity (Wildman–Crippen MR) is 67.6 cm³/mol. The van der Waals surface area contributed by atoms with Gasteiger partial charge in [-0.2, -0.15) is 0 Å². The Morgan fingerprint density at radius 2 is 1.94 bits per heavy atom. The average molecular weight is 234 g/mol. The van der Waals surface area contributed by atoms with Crippen LogP contribution in [0.4, 0.5) is 0 Å². The standard InChI is InChI=1S/C14H18O3/c1-4-5-6-14(17-11(2)15)12-7-9-13(16-3)10-8-12/h6-10H,4-5H2,1-3H3. The Kier molecular flexibility index (Phi) is 5.27. The number of ether oxygens (including phenoxy) is 2. The number of rotatable bonds is 5. The lowest BCUT2D eigenvalue weighted by atomic mass is 10.1. The topological polar surface area (TPSA) is 35.5 Å². The molecule has 0 fully saturated rings. The van der Waals surface area contributed by atoms with Crippen molar-refractivity contribution in [2.24, 2.45) is 0 Å². The molecule has 0 aliphatic carbocycles. The summed E-state index contributed by atoms with van der Waals surface area (Å²) in [6.45, 7) is 3.49. The quantitative estimate of drug-likeness (QED) is 0.578. The van der Waals surface area contributed by atoms with Crippen molar-refractivity contribution in [1.82, 2.24) is 0 Å². The molecule has 0 saturated carbocycles. The molecule has 0 unspecified atom stereocenters. The van der Waals surface area contributed by atoms with Crippen molar-refractivity contribution in [3.63, 3.8) is 0 Å². The molecular formula is C14H18O3. The van der Waals surface area contributed by atoms with Gasteiger partial charge in [0.25, 0.3) is 0 Å². The third-order valence-electron chi connectivity index (χ3n) is 2.25. The number of allylic oxidation sites excluding steroid dienone is 1. The lowest BCUT2D eigenvalue weighted by Crippen LogP contribution is -1.98. The number of unbranched alkanes of at least 4 members (excludes halogenated alkanes) is 1. The van der Waals surface area contributed by atoms with Crippen LogP contribution >= 0.6 is 0 Å². The number of hydrogen-bond donors (Lipinski definition) is 0. The van der Waals surface area contributed by atoms with Gasteiger partial charge in [0.2, 0.25) is 0 Å². The minimum absolute atomic E-state index is 0.303. The molecule has 1 aromatic carbocycles. The van der Waals surface area contributed by atoms with E-state index in [1.54, 1.807) is 7.11 Å². The van der Waals surface area contributed by atoms with E-state index in [1.807, 2.05) is 30.3 Å². The number of carbonyl (C=O) groups is 1. The van der Waals surface area contributed by atoms with E-state index in [0.717, 1.165) is 24.2 Å². The van der Waals surface area contributed by atoms with Crippen molar-refractivity contribution in [3.05, 3.63) is 35.9 Å². The van der Waals surface area contributed by atoms with Crippen LogP contribution in [-0.2, 0) is 9.53 Å². The normalized spacial score (nSPS) is 11.1. The zero-order chi connectivity index (χ0) is 12.7. The van der Waals surface area contributed by atoms with Crippen LogP contribution in [0, 0.1) is 0 Å². The molecule has 1 aromatic rings. The second-order valence-corrected chi connectivity index (χ2v) is 3.68. The molecule has 0 bridgehead atoms. The molecule has 0 aromatic heterocycles. The van der Waals surface area contributed by atoms with Crippen LogP contribution in [0.5, 0.6) is 5.75 Å². The smallest absolute Gasteiger partial charge is 0.308 e. The van der Waals surface area contributed by atoms with Gasteiger partial charge in [0.1, 0.15) is 11.5 Å². The van der Waals surface area contributed by atoms with Gasteiger partial charge < -0.3 is 9.47 Å². The van der Waals surface area contributed by atoms with E-state index >= 15 is 0 Å². The molecule has 3 heteroatoms. The van der Waals surface area contributed by atoms with Gasteiger partial charge in [0.05, 0.1) is 7.11 Å². The number of esters is 1. The fourth-order valence-corrected chi connectivity index (χ4v) is 1.40. The van der Waals surface area contributed by atoms with Gasteiger partial charge in [-0.3, -0.25) is 4.79 Å². The summed E-state index contributed by atoms with van der Waals surface area (Å²) in [4.78, 5) is 11.0. The lowest BCUT2D eigenvalue weighted by molar-refractivity contribution is -0.134. The summed E-state index contributed by atoms with van der Waals surface area (Å²) in [7, 11) is 1.62. The van der Waals surface area contributed by atoms with Crippen molar-refractivity contribution >= 4 is 11.7 Å². The first-order valence-corrected chi connectivity index (χ1v) is 5.70. The maximum absolute atomic E-state index is 11.0. The summed E-state index contributed by atoms with van der Waals surface area (Å²) in [6.07, 6.45) is 3.83. The summed E-state index contributed by atoms with van der Waals surface area (Å²) in [5, 5.41) is 0. The fourth-order valence-electron chi connectivity index (χ4n) is 1.40. The molecule has 17 heavy (non-hydrogen) atoms. The van der Waals surface area contributed by atoms with Crippen LogP contribution in [0.25, 0.3) is 5.76 Å². The molecule has 3 nitrogen and oxygen atoms in total. The maximum Gasteiger partial charge on any atom is 0.308 e. The summed E-state index contributed by atoms with van der Waals surface area (Å²) >= 11 is 0. The molecule has 0 amide bonds. The van der Waals surface area contributed by atoms with E-state index in [9.17, 15) is 4.79 Å². The Labute approximate surface area is 102 Å². The van der Waals surface area contributed by atoms with E-state index in [1.165, 1.54) is 6.92 Å². The van der Waals surface area contributed by atoms with Crippen molar-refractivity contribution in [1.29, 1.82) is 0 Å².